The molecule has 0 aliphatic carbocycles. The second-order valence-corrected chi connectivity index (χ2v) is 4.73. The Bertz CT molecular complexity index is 524. The van der Waals surface area contributed by atoms with Crippen molar-refractivity contribution in [3.63, 3.8) is 0 Å². The molecule has 2 rings (SSSR count). The Morgan fingerprint density at radius 2 is 2.21 bits per heavy atom. The summed E-state index contributed by atoms with van der Waals surface area (Å²) in [6.45, 7) is 0.796. The maximum Gasteiger partial charge on any atom is 0.339 e. The highest BCUT2D eigenvalue weighted by atomic mass is 16.5. The number of fused-ring (bicyclic) bond motifs is 1. The molecule has 0 saturated heterocycles. The highest BCUT2D eigenvalue weighted by Gasteiger charge is 2.31. The predicted molar refractivity (Wildman–Crippen MR) is 67.1 cm³/mol. The number of carbonyl (C=O) groups excluding carboxylic acids is 1. The summed E-state index contributed by atoms with van der Waals surface area (Å²) >= 11 is 0. The van der Waals surface area contributed by atoms with Gasteiger partial charge in [-0.15, -0.1) is 0 Å². The molecule has 1 unspecified atom stereocenters. The minimum absolute atomic E-state index is 0.0535. The van der Waals surface area contributed by atoms with Gasteiger partial charge in [0, 0.05) is 18.2 Å². The number of amides is 1. The van der Waals surface area contributed by atoms with Gasteiger partial charge >= 0.3 is 5.97 Å². The lowest BCUT2D eigenvalue weighted by Crippen LogP contribution is -2.41. The van der Waals surface area contributed by atoms with Crippen molar-refractivity contribution in [3.05, 3.63) is 23.8 Å². The highest BCUT2D eigenvalue weighted by Crippen LogP contribution is 2.27. The summed E-state index contributed by atoms with van der Waals surface area (Å²) < 4.78 is 5.25. The number of aryl methyl sites for hydroxylation is 1. The van der Waals surface area contributed by atoms with Crippen LogP contribution in [0.5, 0.6) is 5.75 Å². The van der Waals surface area contributed by atoms with Crippen molar-refractivity contribution in [3.8, 4) is 5.75 Å². The van der Waals surface area contributed by atoms with E-state index in [0.29, 0.717) is 24.3 Å². The molecule has 3 N–H and O–H groups in total. The molecular weight excluding hydrogens is 250 g/mol. The topological polar surface area (TPSA) is 95.9 Å². The Morgan fingerprint density at radius 1 is 1.47 bits per heavy atom. The van der Waals surface area contributed by atoms with E-state index in [-0.39, 0.29) is 12.5 Å². The lowest BCUT2D eigenvalue weighted by atomic mass is 10.0. The summed E-state index contributed by atoms with van der Waals surface area (Å²) in [6.07, 6.45) is 1.13. The quantitative estimate of drug-likeness (QED) is 0.748. The first-order valence-electron chi connectivity index (χ1n) is 5.90. The lowest BCUT2D eigenvalue weighted by Gasteiger charge is -2.20. The van der Waals surface area contributed by atoms with Gasteiger partial charge in [0.2, 0.25) is 5.91 Å². The van der Waals surface area contributed by atoms with E-state index in [9.17, 15) is 14.7 Å². The van der Waals surface area contributed by atoms with Crippen LogP contribution in [0, 0.1) is 0 Å². The van der Waals surface area contributed by atoms with Crippen molar-refractivity contribution in [1.82, 2.24) is 0 Å². The molecule has 1 amide bonds. The van der Waals surface area contributed by atoms with Crippen LogP contribution in [0.4, 0.5) is 5.69 Å². The number of carbonyl (C=O) groups is 2. The van der Waals surface area contributed by atoms with Crippen molar-refractivity contribution in [1.29, 1.82) is 0 Å². The number of hydrogen-bond acceptors (Lipinski definition) is 4. The third kappa shape index (κ3) is 3.03. The van der Waals surface area contributed by atoms with E-state index in [2.05, 4.69) is 5.32 Å². The Labute approximate surface area is 110 Å². The Hall–Kier alpha value is -2.08. The first-order chi connectivity index (χ1) is 8.88. The molecular formula is C13H15NO5. The normalized spacial score (nSPS) is 17.1. The predicted octanol–water partition coefficient (Wildman–Crippen LogP) is 0.786. The number of anilines is 1. The SMILES string of the molecule is CC(O)(COc1ccc2c(c1)NC(=O)CC2)C(=O)O. The van der Waals surface area contributed by atoms with Gasteiger partial charge in [0.15, 0.2) is 5.60 Å². The maximum atomic E-state index is 11.3. The van der Waals surface area contributed by atoms with Crippen molar-refractivity contribution in [2.24, 2.45) is 0 Å². The molecule has 19 heavy (non-hydrogen) atoms. The van der Waals surface area contributed by atoms with Gasteiger partial charge in [-0.05, 0) is 25.0 Å². The number of rotatable bonds is 4. The van der Waals surface area contributed by atoms with Crippen LogP contribution in [0.15, 0.2) is 18.2 Å². The molecule has 1 aromatic carbocycles. The highest BCUT2D eigenvalue weighted by molar-refractivity contribution is 5.94. The summed E-state index contributed by atoms with van der Waals surface area (Å²) in [7, 11) is 0. The van der Waals surface area contributed by atoms with Crippen LogP contribution in [-0.2, 0) is 16.0 Å². The number of ether oxygens (including phenoxy) is 1. The average Bonchev–Trinajstić information content (AvgIpc) is 2.35. The van der Waals surface area contributed by atoms with Crippen molar-refractivity contribution in [2.75, 3.05) is 11.9 Å². The average molecular weight is 265 g/mol. The van der Waals surface area contributed by atoms with Gasteiger partial charge in [0.1, 0.15) is 12.4 Å². The van der Waals surface area contributed by atoms with Gasteiger partial charge in [0.05, 0.1) is 0 Å². The van der Waals surface area contributed by atoms with E-state index in [0.717, 1.165) is 12.5 Å². The van der Waals surface area contributed by atoms with Crippen molar-refractivity contribution < 1.29 is 24.5 Å². The minimum atomic E-state index is -1.95. The van der Waals surface area contributed by atoms with Crippen molar-refractivity contribution >= 4 is 17.6 Å². The third-order valence-corrected chi connectivity index (χ3v) is 2.96. The Balaban J connectivity index is 2.08. The second-order valence-electron chi connectivity index (χ2n) is 4.73. The fraction of sp³-hybridized carbons (Fsp3) is 0.385. The van der Waals surface area contributed by atoms with Crippen LogP contribution in [0.1, 0.15) is 18.9 Å². The number of benzene rings is 1. The van der Waals surface area contributed by atoms with Crippen LogP contribution >= 0.6 is 0 Å². The number of nitrogens with one attached hydrogen (secondary N) is 1. The smallest absolute Gasteiger partial charge is 0.339 e. The molecule has 0 saturated carbocycles. The van der Waals surface area contributed by atoms with Gasteiger partial charge in [-0.2, -0.15) is 0 Å². The molecule has 1 aliphatic rings. The fourth-order valence-corrected chi connectivity index (χ4v) is 1.73. The third-order valence-electron chi connectivity index (χ3n) is 2.96. The summed E-state index contributed by atoms with van der Waals surface area (Å²) in [6, 6.07) is 5.14. The molecule has 1 aliphatic heterocycles. The number of hydrogen-bond donors (Lipinski definition) is 3. The summed E-state index contributed by atoms with van der Waals surface area (Å²) in [4.78, 5) is 22.0. The molecule has 0 radical (unpaired) electrons. The zero-order valence-corrected chi connectivity index (χ0v) is 10.5. The van der Waals surface area contributed by atoms with Crippen molar-refractivity contribution in [2.45, 2.75) is 25.4 Å². The first kappa shape index (κ1) is 13.4. The zero-order valence-electron chi connectivity index (χ0n) is 10.5. The Morgan fingerprint density at radius 3 is 2.89 bits per heavy atom. The fourth-order valence-electron chi connectivity index (χ4n) is 1.73. The monoisotopic (exact) mass is 265 g/mol. The largest absolute Gasteiger partial charge is 0.490 e. The van der Waals surface area contributed by atoms with Crippen LogP contribution in [0.2, 0.25) is 0 Å². The number of aliphatic hydroxyl groups is 1. The summed E-state index contributed by atoms with van der Waals surface area (Å²) in [5.41, 5.74) is -0.264. The molecule has 0 bridgehead atoms. The minimum Gasteiger partial charge on any atom is -0.490 e. The Kier molecular flexibility index (Phi) is 3.44. The van der Waals surface area contributed by atoms with Crippen LogP contribution in [-0.4, -0.2) is 34.3 Å². The first-order valence-corrected chi connectivity index (χ1v) is 5.90. The number of carboxylic acids is 1. The van der Waals surface area contributed by atoms with E-state index < -0.39 is 11.6 Å². The van der Waals surface area contributed by atoms with Gasteiger partial charge in [-0.1, -0.05) is 6.07 Å². The molecule has 0 aromatic heterocycles. The number of aliphatic carboxylic acids is 1. The van der Waals surface area contributed by atoms with Crippen LogP contribution < -0.4 is 10.1 Å². The zero-order chi connectivity index (χ0) is 14.0. The molecule has 0 spiro atoms. The standard InChI is InChI=1S/C13H15NO5/c1-13(18,12(16)17)7-19-9-4-2-8-3-5-11(15)14-10(8)6-9/h2,4,6,18H,3,5,7H2,1H3,(H,14,15)(H,16,17). The van der Waals surface area contributed by atoms with Crippen LogP contribution in [0.25, 0.3) is 0 Å². The van der Waals surface area contributed by atoms with Gasteiger partial charge in [0.25, 0.3) is 0 Å². The lowest BCUT2D eigenvalue weighted by molar-refractivity contribution is -0.159. The van der Waals surface area contributed by atoms with Gasteiger partial charge in [-0.25, -0.2) is 4.79 Å². The van der Waals surface area contributed by atoms with E-state index >= 15 is 0 Å². The maximum absolute atomic E-state index is 11.3. The molecule has 0 fully saturated rings. The molecule has 102 valence electrons. The van der Waals surface area contributed by atoms with E-state index in [1.807, 2.05) is 6.07 Å². The van der Waals surface area contributed by atoms with Crippen LogP contribution in [0.3, 0.4) is 0 Å². The second kappa shape index (κ2) is 4.89. The summed E-state index contributed by atoms with van der Waals surface area (Å²) in [5, 5.41) is 21.0. The van der Waals surface area contributed by atoms with Gasteiger partial charge in [-0.3, -0.25) is 4.79 Å². The van der Waals surface area contributed by atoms with E-state index in [1.54, 1.807) is 12.1 Å². The van der Waals surface area contributed by atoms with E-state index in [4.69, 9.17) is 9.84 Å². The molecule has 6 heteroatoms. The molecule has 6 nitrogen and oxygen atoms in total. The van der Waals surface area contributed by atoms with E-state index in [1.165, 1.54) is 0 Å². The summed E-state index contributed by atoms with van der Waals surface area (Å²) in [5.74, 6) is -0.997. The van der Waals surface area contributed by atoms with Gasteiger partial charge < -0.3 is 20.3 Å². The molecule has 1 aromatic rings. The number of carboxylic acid groups (broad SMARTS) is 1. The molecule has 1 atom stereocenters. The molecule has 1 heterocycles.